The molecule has 0 aliphatic carbocycles. The lowest BCUT2D eigenvalue weighted by atomic mass is 10.1. The Balaban J connectivity index is 1.67. The maximum atomic E-state index is 12.3. The summed E-state index contributed by atoms with van der Waals surface area (Å²) >= 11 is 0. The number of ether oxygens (including phenoxy) is 1. The van der Waals surface area contributed by atoms with Crippen molar-refractivity contribution in [3.05, 3.63) is 29.3 Å². The Morgan fingerprint density at radius 1 is 1.18 bits per heavy atom. The zero-order valence-corrected chi connectivity index (χ0v) is 17.4. The molecule has 1 aromatic rings. The largest absolute Gasteiger partial charge is 0.483 e. The fourth-order valence-electron chi connectivity index (χ4n) is 3.14. The molecule has 1 aliphatic rings. The smallest absolute Gasteiger partial charge is 0.258 e. The third-order valence-corrected chi connectivity index (χ3v) is 4.97. The van der Waals surface area contributed by atoms with Crippen LogP contribution >= 0.6 is 0 Å². The van der Waals surface area contributed by atoms with E-state index in [1.807, 2.05) is 52.8 Å². The van der Waals surface area contributed by atoms with Gasteiger partial charge in [-0.3, -0.25) is 14.4 Å². The van der Waals surface area contributed by atoms with Gasteiger partial charge in [-0.25, -0.2) is 0 Å². The van der Waals surface area contributed by atoms with Gasteiger partial charge in [0.25, 0.3) is 5.91 Å². The zero-order valence-electron chi connectivity index (χ0n) is 17.4. The highest BCUT2D eigenvalue weighted by atomic mass is 16.5. The van der Waals surface area contributed by atoms with E-state index >= 15 is 0 Å². The van der Waals surface area contributed by atoms with Gasteiger partial charge in [0.15, 0.2) is 6.61 Å². The fourth-order valence-corrected chi connectivity index (χ4v) is 3.14. The highest BCUT2D eigenvalue weighted by Crippen LogP contribution is 2.25. The van der Waals surface area contributed by atoms with Crippen LogP contribution < -0.4 is 15.4 Å². The average Bonchev–Trinajstić information content (AvgIpc) is 3.02. The van der Waals surface area contributed by atoms with Crippen molar-refractivity contribution >= 4 is 17.7 Å². The molecule has 28 heavy (non-hydrogen) atoms. The summed E-state index contributed by atoms with van der Waals surface area (Å²) in [6.45, 7) is 10.8. The van der Waals surface area contributed by atoms with E-state index in [4.69, 9.17) is 4.74 Å². The number of likely N-dealkylation sites (tertiary alicyclic amines) is 1. The number of rotatable bonds is 7. The molecule has 0 aromatic heterocycles. The van der Waals surface area contributed by atoms with E-state index < -0.39 is 0 Å². The Morgan fingerprint density at radius 3 is 2.50 bits per heavy atom. The maximum absolute atomic E-state index is 12.3. The number of carbonyl (C=O) groups excluding carboxylic acids is 3. The summed E-state index contributed by atoms with van der Waals surface area (Å²) in [5.74, 6) is -0.0385. The van der Waals surface area contributed by atoms with Crippen molar-refractivity contribution in [2.24, 2.45) is 5.92 Å². The van der Waals surface area contributed by atoms with Crippen molar-refractivity contribution < 1.29 is 19.1 Å². The lowest BCUT2D eigenvalue weighted by Gasteiger charge is -2.31. The van der Waals surface area contributed by atoms with Gasteiger partial charge in [0.1, 0.15) is 5.75 Å². The maximum Gasteiger partial charge on any atom is 0.258 e. The molecule has 1 fully saturated rings. The van der Waals surface area contributed by atoms with Crippen LogP contribution in [0.3, 0.4) is 0 Å². The Morgan fingerprint density at radius 2 is 1.86 bits per heavy atom. The minimum absolute atomic E-state index is 0.00421. The molecular weight excluding hydrogens is 358 g/mol. The Labute approximate surface area is 166 Å². The summed E-state index contributed by atoms with van der Waals surface area (Å²) in [5, 5.41) is 5.51. The molecule has 1 aliphatic heterocycles. The Bertz CT molecular complexity index is 740. The summed E-state index contributed by atoms with van der Waals surface area (Å²) in [6, 6.07) is 5.71. The van der Waals surface area contributed by atoms with Crippen LogP contribution in [0.2, 0.25) is 0 Å². The van der Waals surface area contributed by atoms with E-state index in [9.17, 15) is 14.4 Å². The molecule has 154 valence electrons. The summed E-state index contributed by atoms with van der Waals surface area (Å²) in [6.07, 6.45) is 0.235. The predicted octanol–water partition coefficient (Wildman–Crippen LogP) is 1.56. The van der Waals surface area contributed by atoms with Crippen molar-refractivity contribution in [3.8, 4) is 5.75 Å². The molecule has 1 atom stereocenters. The minimum atomic E-state index is -0.338. The molecule has 2 rings (SSSR count). The normalized spacial score (nSPS) is 16.8. The van der Waals surface area contributed by atoms with Crippen LogP contribution in [-0.4, -0.2) is 54.4 Å². The molecule has 1 heterocycles. The lowest BCUT2D eigenvalue weighted by Crippen LogP contribution is -2.43. The van der Waals surface area contributed by atoms with E-state index in [-0.39, 0.29) is 42.2 Å². The second kappa shape index (κ2) is 9.08. The topological polar surface area (TPSA) is 87.7 Å². The number of amides is 3. The van der Waals surface area contributed by atoms with Gasteiger partial charge >= 0.3 is 0 Å². The molecule has 7 nitrogen and oxygen atoms in total. The number of hydrogen-bond acceptors (Lipinski definition) is 4. The van der Waals surface area contributed by atoms with Crippen LogP contribution in [-0.2, 0) is 14.4 Å². The van der Waals surface area contributed by atoms with Crippen LogP contribution in [0, 0.1) is 19.8 Å². The summed E-state index contributed by atoms with van der Waals surface area (Å²) in [5.41, 5.74) is 1.84. The Kier molecular flexibility index (Phi) is 7.05. The second-order valence-electron chi connectivity index (χ2n) is 8.20. The first kappa shape index (κ1) is 21.7. The highest BCUT2D eigenvalue weighted by molar-refractivity contribution is 5.89. The zero-order chi connectivity index (χ0) is 20.9. The third-order valence-electron chi connectivity index (χ3n) is 4.97. The minimum Gasteiger partial charge on any atom is -0.483 e. The number of aryl methyl sites for hydroxylation is 1. The summed E-state index contributed by atoms with van der Waals surface area (Å²) < 4.78 is 5.55. The van der Waals surface area contributed by atoms with Crippen LogP contribution in [0.25, 0.3) is 0 Å². The molecule has 0 saturated carbocycles. The van der Waals surface area contributed by atoms with Crippen LogP contribution in [0.4, 0.5) is 0 Å². The number of hydrogen-bond donors (Lipinski definition) is 2. The first-order valence-electron chi connectivity index (χ1n) is 9.63. The van der Waals surface area contributed by atoms with Gasteiger partial charge < -0.3 is 20.3 Å². The van der Waals surface area contributed by atoms with E-state index in [2.05, 4.69) is 10.6 Å². The molecule has 1 saturated heterocycles. The van der Waals surface area contributed by atoms with Gasteiger partial charge in [0, 0.05) is 31.6 Å². The van der Waals surface area contributed by atoms with Gasteiger partial charge in [0.05, 0.1) is 5.92 Å². The van der Waals surface area contributed by atoms with E-state index in [0.717, 1.165) is 11.1 Å². The average molecular weight is 389 g/mol. The van der Waals surface area contributed by atoms with Crippen molar-refractivity contribution in [2.75, 3.05) is 26.2 Å². The van der Waals surface area contributed by atoms with Gasteiger partial charge in [-0.1, -0.05) is 12.1 Å². The molecule has 1 unspecified atom stereocenters. The van der Waals surface area contributed by atoms with Crippen LogP contribution in [0.15, 0.2) is 18.2 Å². The van der Waals surface area contributed by atoms with Crippen molar-refractivity contribution in [1.29, 1.82) is 0 Å². The third kappa shape index (κ3) is 5.71. The quantitative estimate of drug-likeness (QED) is 0.693. The number of carbonyl (C=O) groups is 3. The SMILES string of the molecule is Cc1cccc(OCC(=O)NCCNC(=O)C2CC(=O)N(C(C)(C)C)C2)c1C. The molecule has 0 radical (unpaired) electrons. The summed E-state index contributed by atoms with van der Waals surface area (Å²) in [4.78, 5) is 38.0. The van der Waals surface area contributed by atoms with Gasteiger partial charge in [0.2, 0.25) is 11.8 Å². The molecule has 0 bridgehead atoms. The van der Waals surface area contributed by atoms with Crippen LogP contribution in [0.1, 0.15) is 38.3 Å². The number of nitrogens with one attached hydrogen (secondary N) is 2. The summed E-state index contributed by atoms with van der Waals surface area (Å²) in [7, 11) is 0. The molecule has 7 heteroatoms. The monoisotopic (exact) mass is 389 g/mol. The van der Waals surface area contributed by atoms with E-state index in [1.165, 1.54) is 0 Å². The molecule has 2 N–H and O–H groups in total. The number of nitrogens with zero attached hydrogens (tertiary/aromatic N) is 1. The predicted molar refractivity (Wildman–Crippen MR) is 107 cm³/mol. The first-order valence-corrected chi connectivity index (χ1v) is 9.63. The second-order valence-corrected chi connectivity index (χ2v) is 8.20. The van der Waals surface area contributed by atoms with Gasteiger partial charge in [-0.05, 0) is 51.8 Å². The standard InChI is InChI=1S/C21H31N3O4/c1-14-7-6-8-17(15(14)2)28-13-18(25)22-9-10-23-20(27)16-11-19(26)24(12-16)21(3,4)5/h6-8,16H,9-13H2,1-5H3,(H,22,25)(H,23,27). The van der Waals surface area contributed by atoms with Crippen molar-refractivity contribution in [3.63, 3.8) is 0 Å². The highest BCUT2D eigenvalue weighted by Gasteiger charge is 2.39. The molecule has 0 spiro atoms. The van der Waals surface area contributed by atoms with E-state index in [0.29, 0.717) is 25.4 Å². The molecular formula is C21H31N3O4. The van der Waals surface area contributed by atoms with Crippen molar-refractivity contribution in [1.82, 2.24) is 15.5 Å². The number of benzene rings is 1. The van der Waals surface area contributed by atoms with Crippen LogP contribution in [0.5, 0.6) is 5.75 Å². The molecule has 3 amide bonds. The van der Waals surface area contributed by atoms with Crippen molar-refractivity contribution in [2.45, 2.75) is 46.6 Å². The lowest BCUT2D eigenvalue weighted by molar-refractivity contribution is -0.132. The van der Waals surface area contributed by atoms with Gasteiger partial charge in [-0.2, -0.15) is 0 Å². The molecule has 1 aromatic carbocycles. The Hall–Kier alpha value is -2.57. The van der Waals surface area contributed by atoms with Gasteiger partial charge in [-0.15, -0.1) is 0 Å². The van der Waals surface area contributed by atoms with E-state index in [1.54, 1.807) is 4.90 Å². The fraction of sp³-hybridized carbons (Fsp3) is 0.571. The first-order chi connectivity index (χ1) is 13.1.